The third-order valence-electron chi connectivity index (χ3n) is 4.60. The van der Waals surface area contributed by atoms with E-state index in [1.54, 1.807) is 25.2 Å². The van der Waals surface area contributed by atoms with Gasteiger partial charge in [-0.2, -0.15) is 5.10 Å². The highest BCUT2D eigenvalue weighted by atomic mass is 19.1. The van der Waals surface area contributed by atoms with Gasteiger partial charge in [-0.25, -0.2) is 4.39 Å². The second kappa shape index (κ2) is 7.13. The SMILES string of the molecule is CN(C)C(=O)c1cn[nH]c1[C@H]1CCCN1CCc1ccc(F)cc1. The molecule has 0 spiro atoms. The first kappa shape index (κ1) is 16.6. The molecule has 0 saturated carbocycles. The first-order valence-corrected chi connectivity index (χ1v) is 8.29. The second-order valence-corrected chi connectivity index (χ2v) is 6.47. The Bertz CT molecular complexity index is 695. The van der Waals surface area contributed by atoms with Crippen LogP contribution in [0.2, 0.25) is 0 Å². The number of nitrogens with zero attached hydrogens (tertiary/aromatic N) is 3. The number of aromatic amines is 1. The Balaban J connectivity index is 1.71. The van der Waals surface area contributed by atoms with Crippen LogP contribution in [0, 0.1) is 5.82 Å². The topological polar surface area (TPSA) is 52.2 Å². The Morgan fingerprint density at radius 1 is 1.38 bits per heavy atom. The molecule has 1 saturated heterocycles. The van der Waals surface area contributed by atoms with Crippen molar-refractivity contribution in [2.75, 3.05) is 27.2 Å². The van der Waals surface area contributed by atoms with Crippen molar-refractivity contribution in [3.63, 3.8) is 0 Å². The number of hydrogen-bond donors (Lipinski definition) is 1. The lowest BCUT2D eigenvalue weighted by atomic mass is 10.1. The molecule has 3 rings (SSSR count). The zero-order valence-corrected chi connectivity index (χ0v) is 14.1. The van der Waals surface area contributed by atoms with E-state index in [0.717, 1.165) is 43.6 Å². The third kappa shape index (κ3) is 3.48. The van der Waals surface area contributed by atoms with Crippen LogP contribution in [0.5, 0.6) is 0 Å². The fourth-order valence-corrected chi connectivity index (χ4v) is 3.31. The molecule has 1 fully saturated rings. The number of aromatic nitrogens is 2. The first-order chi connectivity index (χ1) is 11.6. The lowest BCUT2D eigenvalue weighted by molar-refractivity contribution is 0.0824. The highest BCUT2D eigenvalue weighted by Gasteiger charge is 2.30. The number of hydrogen-bond acceptors (Lipinski definition) is 3. The van der Waals surface area contributed by atoms with Crippen molar-refractivity contribution < 1.29 is 9.18 Å². The molecule has 2 heterocycles. The average molecular weight is 330 g/mol. The standard InChI is InChI=1S/C18H23FN4O/c1-22(2)18(24)15-12-20-21-17(15)16-4-3-10-23(16)11-9-13-5-7-14(19)8-6-13/h5-8,12,16H,3-4,9-11H2,1-2H3,(H,20,21)/t16-/m1/s1. The quantitative estimate of drug-likeness (QED) is 0.917. The molecule has 1 aliphatic heterocycles. The normalized spacial score (nSPS) is 18.0. The molecule has 1 amide bonds. The summed E-state index contributed by atoms with van der Waals surface area (Å²) in [5.41, 5.74) is 2.68. The predicted octanol–water partition coefficient (Wildman–Crippen LogP) is 2.63. The minimum Gasteiger partial charge on any atom is -0.345 e. The van der Waals surface area contributed by atoms with E-state index in [9.17, 15) is 9.18 Å². The monoisotopic (exact) mass is 330 g/mol. The third-order valence-corrected chi connectivity index (χ3v) is 4.60. The summed E-state index contributed by atoms with van der Waals surface area (Å²) in [5.74, 6) is -0.230. The number of nitrogens with one attached hydrogen (secondary N) is 1. The lowest BCUT2D eigenvalue weighted by Crippen LogP contribution is -2.29. The summed E-state index contributed by atoms with van der Waals surface area (Å²) >= 11 is 0. The summed E-state index contributed by atoms with van der Waals surface area (Å²) in [6.07, 6.45) is 4.60. The van der Waals surface area contributed by atoms with Crippen LogP contribution in [0.25, 0.3) is 0 Å². The van der Waals surface area contributed by atoms with Gasteiger partial charge in [-0.05, 0) is 43.5 Å². The summed E-state index contributed by atoms with van der Waals surface area (Å²) in [6.45, 7) is 1.88. The molecular formula is C18H23FN4O. The van der Waals surface area contributed by atoms with Crippen molar-refractivity contribution in [2.24, 2.45) is 0 Å². The highest BCUT2D eigenvalue weighted by molar-refractivity contribution is 5.94. The molecule has 0 bridgehead atoms. The average Bonchev–Trinajstić information content (AvgIpc) is 3.22. The minimum atomic E-state index is -0.206. The molecule has 5 nitrogen and oxygen atoms in total. The molecule has 1 atom stereocenters. The van der Waals surface area contributed by atoms with Crippen molar-refractivity contribution in [1.29, 1.82) is 0 Å². The molecule has 1 aromatic heterocycles. The fraction of sp³-hybridized carbons (Fsp3) is 0.444. The maximum absolute atomic E-state index is 13.0. The lowest BCUT2D eigenvalue weighted by Gasteiger charge is -2.24. The Morgan fingerprint density at radius 3 is 2.83 bits per heavy atom. The molecule has 1 N–H and O–H groups in total. The van der Waals surface area contributed by atoms with E-state index in [2.05, 4.69) is 15.1 Å². The number of carbonyl (C=O) groups is 1. The van der Waals surface area contributed by atoms with Crippen LogP contribution in [0.15, 0.2) is 30.5 Å². The minimum absolute atomic E-state index is 0.0239. The number of carbonyl (C=O) groups excluding carboxylic acids is 1. The van der Waals surface area contributed by atoms with E-state index < -0.39 is 0 Å². The summed E-state index contributed by atoms with van der Waals surface area (Å²) in [4.78, 5) is 16.3. The molecule has 6 heteroatoms. The molecule has 0 aliphatic carbocycles. The molecule has 0 unspecified atom stereocenters. The van der Waals surface area contributed by atoms with Gasteiger partial charge in [-0.3, -0.25) is 14.8 Å². The summed E-state index contributed by atoms with van der Waals surface area (Å²) in [6, 6.07) is 6.85. The van der Waals surface area contributed by atoms with Crippen LogP contribution < -0.4 is 0 Å². The molecule has 128 valence electrons. The zero-order valence-electron chi connectivity index (χ0n) is 14.1. The second-order valence-electron chi connectivity index (χ2n) is 6.47. The van der Waals surface area contributed by atoms with Gasteiger partial charge < -0.3 is 4.90 Å². The summed E-state index contributed by atoms with van der Waals surface area (Å²) in [7, 11) is 3.50. The molecule has 2 aromatic rings. The molecular weight excluding hydrogens is 307 g/mol. The van der Waals surface area contributed by atoms with Gasteiger partial charge >= 0.3 is 0 Å². The van der Waals surface area contributed by atoms with Gasteiger partial charge in [0.15, 0.2) is 0 Å². The van der Waals surface area contributed by atoms with Gasteiger partial charge in [-0.1, -0.05) is 12.1 Å². The van der Waals surface area contributed by atoms with Gasteiger partial charge in [0.25, 0.3) is 5.91 Å². The van der Waals surface area contributed by atoms with Crippen LogP contribution in [-0.2, 0) is 6.42 Å². The summed E-state index contributed by atoms with van der Waals surface area (Å²) in [5, 5.41) is 7.12. The highest BCUT2D eigenvalue weighted by Crippen LogP contribution is 2.32. The number of H-pyrrole nitrogens is 1. The van der Waals surface area contributed by atoms with E-state index in [1.807, 2.05) is 12.1 Å². The van der Waals surface area contributed by atoms with Crippen molar-refractivity contribution in [1.82, 2.24) is 20.0 Å². The van der Waals surface area contributed by atoms with Crippen molar-refractivity contribution >= 4 is 5.91 Å². The zero-order chi connectivity index (χ0) is 17.1. The Hall–Kier alpha value is -2.21. The van der Waals surface area contributed by atoms with Crippen LogP contribution in [-0.4, -0.2) is 53.1 Å². The van der Waals surface area contributed by atoms with Gasteiger partial charge in [-0.15, -0.1) is 0 Å². The number of amides is 1. The summed E-state index contributed by atoms with van der Waals surface area (Å²) < 4.78 is 13.0. The van der Waals surface area contributed by atoms with Gasteiger partial charge in [0.05, 0.1) is 23.5 Å². The fourth-order valence-electron chi connectivity index (χ4n) is 3.31. The number of likely N-dealkylation sites (tertiary alicyclic amines) is 1. The van der Waals surface area contributed by atoms with E-state index >= 15 is 0 Å². The Labute approximate surface area is 141 Å². The van der Waals surface area contributed by atoms with Gasteiger partial charge in [0.1, 0.15) is 5.82 Å². The maximum Gasteiger partial charge on any atom is 0.256 e. The molecule has 1 aliphatic rings. The van der Waals surface area contributed by atoms with Crippen LogP contribution in [0.3, 0.4) is 0 Å². The van der Waals surface area contributed by atoms with Gasteiger partial charge in [0, 0.05) is 20.6 Å². The molecule has 0 radical (unpaired) electrons. The number of halogens is 1. The maximum atomic E-state index is 13.0. The number of rotatable bonds is 5. The van der Waals surface area contributed by atoms with E-state index in [4.69, 9.17) is 0 Å². The molecule has 1 aromatic carbocycles. The van der Waals surface area contributed by atoms with E-state index in [0.29, 0.717) is 5.56 Å². The Kier molecular flexibility index (Phi) is 4.94. The van der Waals surface area contributed by atoms with E-state index in [1.165, 1.54) is 12.1 Å². The Morgan fingerprint density at radius 2 is 2.12 bits per heavy atom. The molecule has 24 heavy (non-hydrogen) atoms. The van der Waals surface area contributed by atoms with Crippen LogP contribution >= 0.6 is 0 Å². The van der Waals surface area contributed by atoms with Crippen molar-refractivity contribution in [3.8, 4) is 0 Å². The first-order valence-electron chi connectivity index (χ1n) is 8.29. The van der Waals surface area contributed by atoms with Crippen molar-refractivity contribution in [2.45, 2.75) is 25.3 Å². The van der Waals surface area contributed by atoms with Crippen molar-refractivity contribution in [3.05, 3.63) is 53.1 Å². The van der Waals surface area contributed by atoms with Gasteiger partial charge in [0.2, 0.25) is 0 Å². The largest absolute Gasteiger partial charge is 0.345 e. The van der Waals surface area contributed by atoms with E-state index in [-0.39, 0.29) is 17.8 Å². The number of benzene rings is 1. The smallest absolute Gasteiger partial charge is 0.256 e. The van der Waals surface area contributed by atoms with Crippen LogP contribution in [0.1, 0.15) is 40.5 Å². The van der Waals surface area contributed by atoms with Crippen LogP contribution in [0.4, 0.5) is 4.39 Å². The predicted molar refractivity (Wildman–Crippen MR) is 90.3 cm³/mol.